The molecule has 0 atom stereocenters. The van der Waals surface area contributed by atoms with Gasteiger partial charge in [-0.3, -0.25) is 0 Å². The number of rotatable bonds is 3. The largest absolute Gasteiger partial charge is 0.236 e. The monoisotopic (exact) mass is 223 g/mol. The van der Waals surface area contributed by atoms with Crippen LogP contribution >= 0.6 is 11.6 Å². The molecule has 0 saturated carbocycles. The molecule has 0 fully saturated rings. The molecule has 1 aromatic rings. The fourth-order valence-corrected chi connectivity index (χ4v) is 1.15. The lowest BCUT2D eigenvalue weighted by Gasteiger charge is -1.99. The van der Waals surface area contributed by atoms with Gasteiger partial charge in [-0.25, -0.2) is 4.98 Å². The standard InChI is InChI=1S/C11H12ClN.C2H6/c1-3-5-6-10-9(4-2)7-8-11(12)13-10;1-2/h4-8H,2-3H2,1H3;1-2H3/b6-5-;. The lowest BCUT2D eigenvalue weighted by molar-refractivity contribution is 1.22. The van der Waals surface area contributed by atoms with Crippen molar-refractivity contribution in [3.63, 3.8) is 0 Å². The van der Waals surface area contributed by atoms with Crippen LogP contribution < -0.4 is 0 Å². The molecule has 0 aliphatic rings. The Balaban J connectivity index is 0.000000921. The van der Waals surface area contributed by atoms with E-state index in [1.165, 1.54) is 0 Å². The highest BCUT2D eigenvalue weighted by Gasteiger charge is 1.97. The quantitative estimate of drug-likeness (QED) is 0.669. The van der Waals surface area contributed by atoms with Gasteiger partial charge in [-0.15, -0.1) is 0 Å². The van der Waals surface area contributed by atoms with Gasteiger partial charge >= 0.3 is 0 Å². The summed E-state index contributed by atoms with van der Waals surface area (Å²) in [5, 5.41) is 0.515. The fraction of sp³-hybridized carbons (Fsp3) is 0.308. The molecule has 82 valence electrons. The summed E-state index contributed by atoms with van der Waals surface area (Å²) in [4.78, 5) is 4.19. The summed E-state index contributed by atoms with van der Waals surface area (Å²) in [5.41, 5.74) is 1.89. The van der Waals surface area contributed by atoms with Gasteiger partial charge in [0.15, 0.2) is 0 Å². The third-order valence-electron chi connectivity index (χ3n) is 1.65. The molecule has 0 spiro atoms. The Kier molecular flexibility index (Phi) is 7.65. The first-order chi connectivity index (χ1) is 7.27. The Morgan fingerprint density at radius 3 is 2.60 bits per heavy atom. The van der Waals surface area contributed by atoms with Crippen molar-refractivity contribution in [2.45, 2.75) is 27.2 Å². The van der Waals surface area contributed by atoms with E-state index < -0.39 is 0 Å². The molecule has 1 rings (SSSR count). The number of hydrogen-bond donors (Lipinski definition) is 0. The van der Waals surface area contributed by atoms with Crippen LogP contribution in [0, 0.1) is 0 Å². The third-order valence-corrected chi connectivity index (χ3v) is 1.87. The van der Waals surface area contributed by atoms with Crippen molar-refractivity contribution in [3.05, 3.63) is 41.2 Å². The van der Waals surface area contributed by atoms with E-state index in [1.54, 1.807) is 12.1 Å². The molecular weight excluding hydrogens is 206 g/mol. The summed E-state index contributed by atoms with van der Waals surface area (Å²) in [6, 6.07) is 3.68. The van der Waals surface area contributed by atoms with Gasteiger partial charge < -0.3 is 0 Å². The van der Waals surface area contributed by atoms with Gasteiger partial charge in [-0.2, -0.15) is 0 Å². The molecule has 1 nitrogen and oxygen atoms in total. The Labute approximate surface area is 97.5 Å². The van der Waals surface area contributed by atoms with E-state index in [0.717, 1.165) is 17.7 Å². The van der Waals surface area contributed by atoms with Crippen molar-refractivity contribution in [1.29, 1.82) is 0 Å². The Morgan fingerprint density at radius 2 is 2.07 bits per heavy atom. The van der Waals surface area contributed by atoms with Gasteiger partial charge in [0.05, 0.1) is 5.69 Å². The highest BCUT2D eigenvalue weighted by Crippen LogP contribution is 2.14. The van der Waals surface area contributed by atoms with E-state index in [-0.39, 0.29) is 0 Å². The van der Waals surface area contributed by atoms with Gasteiger partial charge in [0, 0.05) is 0 Å². The molecule has 0 unspecified atom stereocenters. The minimum absolute atomic E-state index is 0.515. The first-order valence-corrected chi connectivity index (χ1v) is 5.61. The number of halogens is 1. The summed E-state index contributed by atoms with van der Waals surface area (Å²) in [5.74, 6) is 0. The van der Waals surface area contributed by atoms with Crippen LogP contribution in [0.1, 0.15) is 38.4 Å². The second-order valence-electron chi connectivity index (χ2n) is 2.62. The van der Waals surface area contributed by atoms with E-state index in [9.17, 15) is 0 Å². The summed E-state index contributed by atoms with van der Waals surface area (Å²) in [6.07, 6.45) is 6.78. The molecule has 2 heteroatoms. The maximum Gasteiger partial charge on any atom is 0.129 e. The average molecular weight is 224 g/mol. The summed E-state index contributed by atoms with van der Waals surface area (Å²) in [6.45, 7) is 9.79. The zero-order valence-corrected chi connectivity index (χ0v) is 10.4. The molecule has 0 bridgehead atoms. The topological polar surface area (TPSA) is 12.9 Å². The van der Waals surface area contributed by atoms with E-state index in [4.69, 9.17) is 11.6 Å². The number of nitrogens with zero attached hydrogens (tertiary/aromatic N) is 1. The molecule has 0 aromatic carbocycles. The molecule has 0 aliphatic carbocycles. The van der Waals surface area contributed by atoms with Crippen molar-refractivity contribution in [2.24, 2.45) is 0 Å². The predicted octanol–water partition coefficient (Wildman–Crippen LogP) is 4.83. The minimum atomic E-state index is 0.515. The van der Waals surface area contributed by atoms with E-state index >= 15 is 0 Å². The maximum atomic E-state index is 5.77. The summed E-state index contributed by atoms with van der Waals surface area (Å²) in [7, 11) is 0. The zero-order chi connectivity index (χ0) is 11.7. The summed E-state index contributed by atoms with van der Waals surface area (Å²) < 4.78 is 0. The fourth-order valence-electron chi connectivity index (χ4n) is 0.996. The van der Waals surface area contributed by atoms with Crippen LogP contribution in [0.2, 0.25) is 5.15 Å². The number of aromatic nitrogens is 1. The molecular formula is C13H18ClN. The maximum absolute atomic E-state index is 5.77. The molecule has 0 radical (unpaired) electrons. The van der Waals surface area contributed by atoms with Crippen molar-refractivity contribution < 1.29 is 0 Å². The van der Waals surface area contributed by atoms with Crippen molar-refractivity contribution >= 4 is 23.8 Å². The summed E-state index contributed by atoms with van der Waals surface area (Å²) >= 11 is 5.77. The number of pyridine rings is 1. The number of hydrogen-bond acceptors (Lipinski definition) is 1. The minimum Gasteiger partial charge on any atom is -0.236 e. The average Bonchev–Trinajstić information content (AvgIpc) is 2.29. The van der Waals surface area contributed by atoms with E-state index in [2.05, 4.69) is 18.5 Å². The number of allylic oxidation sites excluding steroid dienone is 1. The van der Waals surface area contributed by atoms with Crippen LogP contribution in [0.15, 0.2) is 24.8 Å². The van der Waals surface area contributed by atoms with E-state index in [0.29, 0.717) is 5.15 Å². The van der Waals surface area contributed by atoms with Crippen LogP contribution in [0.4, 0.5) is 0 Å². The molecule has 0 N–H and O–H groups in total. The van der Waals surface area contributed by atoms with Gasteiger partial charge in [0.1, 0.15) is 5.15 Å². The van der Waals surface area contributed by atoms with Crippen molar-refractivity contribution in [1.82, 2.24) is 4.98 Å². The lowest BCUT2D eigenvalue weighted by atomic mass is 10.2. The van der Waals surface area contributed by atoms with E-state index in [1.807, 2.05) is 32.1 Å². The highest BCUT2D eigenvalue weighted by atomic mass is 35.5. The van der Waals surface area contributed by atoms with Gasteiger partial charge in [0.25, 0.3) is 0 Å². The molecule has 0 saturated heterocycles. The van der Waals surface area contributed by atoms with Crippen molar-refractivity contribution in [2.75, 3.05) is 0 Å². The molecule has 1 aromatic heterocycles. The Bertz CT molecular complexity index is 329. The zero-order valence-electron chi connectivity index (χ0n) is 9.63. The SMILES string of the molecule is C=Cc1ccc(Cl)nc1/C=C\CC.CC. The molecule has 1 heterocycles. The van der Waals surface area contributed by atoms with Crippen LogP contribution in [0.3, 0.4) is 0 Å². The Morgan fingerprint density at radius 1 is 1.40 bits per heavy atom. The second kappa shape index (κ2) is 8.25. The third kappa shape index (κ3) is 4.80. The van der Waals surface area contributed by atoms with Crippen molar-refractivity contribution in [3.8, 4) is 0 Å². The lowest BCUT2D eigenvalue weighted by Crippen LogP contribution is -1.86. The predicted molar refractivity (Wildman–Crippen MR) is 70.0 cm³/mol. The molecule has 0 amide bonds. The van der Waals surface area contributed by atoms with Crippen LogP contribution in [-0.4, -0.2) is 4.98 Å². The Hall–Kier alpha value is -1.08. The second-order valence-corrected chi connectivity index (χ2v) is 3.01. The van der Waals surface area contributed by atoms with Crippen LogP contribution in [0.25, 0.3) is 12.2 Å². The highest BCUT2D eigenvalue weighted by molar-refractivity contribution is 6.29. The smallest absolute Gasteiger partial charge is 0.129 e. The van der Waals surface area contributed by atoms with Crippen LogP contribution in [0.5, 0.6) is 0 Å². The first kappa shape index (κ1) is 13.9. The first-order valence-electron chi connectivity index (χ1n) is 5.23. The molecule has 15 heavy (non-hydrogen) atoms. The normalized spacial score (nSPS) is 9.60. The van der Waals surface area contributed by atoms with Gasteiger partial charge in [-0.05, 0) is 30.2 Å². The molecule has 0 aliphatic heterocycles. The van der Waals surface area contributed by atoms with Crippen LogP contribution in [-0.2, 0) is 0 Å². The van der Waals surface area contributed by atoms with Gasteiger partial charge in [0.2, 0.25) is 0 Å². The van der Waals surface area contributed by atoms with Gasteiger partial charge in [-0.1, -0.05) is 51.1 Å².